The van der Waals surface area contributed by atoms with Crippen molar-refractivity contribution >= 4 is 39.1 Å². The van der Waals surface area contributed by atoms with Crippen LogP contribution in [0.15, 0.2) is 15.2 Å². The van der Waals surface area contributed by atoms with E-state index in [0.29, 0.717) is 6.54 Å². The van der Waals surface area contributed by atoms with Gasteiger partial charge in [-0.1, -0.05) is 0 Å². The highest BCUT2D eigenvalue weighted by atomic mass is 79.9. The predicted octanol–water partition coefficient (Wildman–Crippen LogP) is 1.85. The fraction of sp³-hybridized carbons (Fsp3) is 0.333. The summed E-state index contributed by atoms with van der Waals surface area (Å²) in [7, 11) is 0. The first-order valence-corrected chi connectivity index (χ1v) is 5.92. The van der Waals surface area contributed by atoms with E-state index in [4.69, 9.17) is 5.11 Å². The van der Waals surface area contributed by atoms with Crippen LogP contribution in [0.2, 0.25) is 0 Å². The van der Waals surface area contributed by atoms with Crippen LogP contribution >= 0.6 is 27.3 Å². The van der Waals surface area contributed by atoms with Crippen LogP contribution in [0.1, 0.15) is 12.5 Å². The van der Waals surface area contributed by atoms with E-state index in [1.165, 1.54) is 18.3 Å². The molecule has 1 atom stereocenters. The Hall–Kier alpha value is -0.880. The minimum Gasteiger partial charge on any atom is -0.481 e. The summed E-state index contributed by atoms with van der Waals surface area (Å²) in [5.41, 5.74) is 0.950. The number of hydrogen-bond acceptors (Lipinski definition) is 3. The molecular formula is C9H10BrNO3S. The zero-order valence-electron chi connectivity index (χ0n) is 7.99. The SMILES string of the molecule is CC(C(=O)O)C(=O)NCc1ccsc1Br. The largest absolute Gasteiger partial charge is 0.481 e. The van der Waals surface area contributed by atoms with Crippen LogP contribution in [0.25, 0.3) is 0 Å². The quantitative estimate of drug-likeness (QED) is 0.832. The molecule has 0 aliphatic carbocycles. The van der Waals surface area contributed by atoms with Crippen molar-refractivity contribution in [2.24, 2.45) is 5.92 Å². The van der Waals surface area contributed by atoms with E-state index in [9.17, 15) is 9.59 Å². The molecule has 2 N–H and O–H groups in total. The second kappa shape index (κ2) is 5.27. The Labute approximate surface area is 99.4 Å². The first-order chi connectivity index (χ1) is 7.02. The molecule has 1 heterocycles. The number of halogens is 1. The molecule has 82 valence electrons. The number of carboxylic acid groups (broad SMARTS) is 1. The number of amides is 1. The lowest BCUT2D eigenvalue weighted by molar-refractivity contribution is -0.146. The Kier molecular flexibility index (Phi) is 4.28. The lowest BCUT2D eigenvalue weighted by Crippen LogP contribution is -2.33. The van der Waals surface area contributed by atoms with Crippen molar-refractivity contribution in [3.8, 4) is 0 Å². The Morgan fingerprint density at radius 2 is 2.33 bits per heavy atom. The van der Waals surface area contributed by atoms with Crippen LogP contribution in [-0.2, 0) is 16.1 Å². The highest BCUT2D eigenvalue weighted by Gasteiger charge is 2.20. The third kappa shape index (κ3) is 3.32. The van der Waals surface area contributed by atoms with Crippen molar-refractivity contribution in [3.63, 3.8) is 0 Å². The molecule has 0 aliphatic rings. The van der Waals surface area contributed by atoms with Crippen LogP contribution < -0.4 is 5.32 Å². The van der Waals surface area contributed by atoms with Crippen molar-refractivity contribution in [1.29, 1.82) is 0 Å². The molecule has 0 radical (unpaired) electrons. The molecule has 1 rings (SSSR count). The Bertz CT molecular complexity index is 377. The molecule has 1 aromatic heterocycles. The van der Waals surface area contributed by atoms with Crippen LogP contribution in [-0.4, -0.2) is 17.0 Å². The van der Waals surface area contributed by atoms with Gasteiger partial charge in [0.2, 0.25) is 5.91 Å². The molecule has 0 spiro atoms. The molecule has 1 aromatic rings. The van der Waals surface area contributed by atoms with Crippen LogP contribution in [0.4, 0.5) is 0 Å². The van der Waals surface area contributed by atoms with Crippen molar-refractivity contribution in [2.45, 2.75) is 13.5 Å². The topological polar surface area (TPSA) is 66.4 Å². The molecule has 1 amide bonds. The van der Waals surface area contributed by atoms with Crippen molar-refractivity contribution in [2.75, 3.05) is 0 Å². The average molecular weight is 292 g/mol. The number of carbonyl (C=O) groups excluding carboxylic acids is 1. The number of carboxylic acids is 1. The summed E-state index contributed by atoms with van der Waals surface area (Å²) in [6.07, 6.45) is 0. The number of nitrogens with one attached hydrogen (secondary N) is 1. The lowest BCUT2D eigenvalue weighted by atomic mass is 10.1. The number of carbonyl (C=O) groups is 2. The van der Waals surface area contributed by atoms with Crippen LogP contribution in [0.5, 0.6) is 0 Å². The molecular weight excluding hydrogens is 282 g/mol. The zero-order chi connectivity index (χ0) is 11.4. The standard InChI is InChI=1S/C9H10BrNO3S/c1-5(9(13)14)8(12)11-4-6-2-3-15-7(6)10/h2-3,5H,4H2,1H3,(H,11,12)(H,13,14). The highest BCUT2D eigenvalue weighted by Crippen LogP contribution is 2.23. The van der Waals surface area contributed by atoms with E-state index in [-0.39, 0.29) is 0 Å². The summed E-state index contributed by atoms with van der Waals surface area (Å²) in [5.74, 6) is -2.60. The van der Waals surface area contributed by atoms with E-state index < -0.39 is 17.8 Å². The predicted molar refractivity (Wildman–Crippen MR) is 60.7 cm³/mol. The highest BCUT2D eigenvalue weighted by molar-refractivity contribution is 9.11. The minimum atomic E-state index is -1.11. The van der Waals surface area contributed by atoms with Gasteiger partial charge in [0, 0.05) is 6.54 Å². The van der Waals surface area contributed by atoms with Crippen molar-refractivity contribution in [1.82, 2.24) is 5.32 Å². The van der Waals surface area contributed by atoms with Crippen LogP contribution in [0.3, 0.4) is 0 Å². The van der Waals surface area contributed by atoms with Gasteiger partial charge in [-0.05, 0) is 39.9 Å². The number of thiophene rings is 1. The molecule has 1 unspecified atom stereocenters. The van der Waals surface area contributed by atoms with Gasteiger partial charge in [-0.2, -0.15) is 0 Å². The third-order valence-electron chi connectivity index (χ3n) is 1.91. The average Bonchev–Trinajstić information content (AvgIpc) is 2.59. The van der Waals surface area contributed by atoms with Gasteiger partial charge in [0.15, 0.2) is 0 Å². The summed E-state index contributed by atoms with van der Waals surface area (Å²) in [6, 6.07) is 1.88. The second-order valence-electron chi connectivity index (χ2n) is 3.00. The van der Waals surface area contributed by atoms with E-state index in [1.54, 1.807) is 0 Å². The monoisotopic (exact) mass is 291 g/mol. The van der Waals surface area contributed by atoms with E-state index in [2.05, 4.69) is 21.2 Å². The molecule has 0 fully saturated rings. The molecule has 0 bridgehead atoms. The molecule has 4 nitrogen and oxygen atoms in total. The Morgan fingerprint density at radius 3 is 2.80 bits per heavy atom. The molecule has 6 heteroatoms. The number of rotatable bonds is 4. The maximum atomic E-state index is 11.3. The van der Waals surface area contributed by atoms with Gasteiger partial charge < -0.3 is 10.4 Å². The van der Waals surface area contributed by atoms with Crippen molar-refractivity contribution < 1.29 is 14.7 Å². The molecule has 0 saturated heterocycles. The zero-order valence-corrected chi connectivity index (χ0v) is 10.4. The first kappa shape index (κ1) is 12.2. The maximum absolute atomic E-state index is 11.3. The second-order valence-corrected chi connectivity index (χ2v) is 5.23. The van der Waals surface area contributed by atoms with E-state index >= 15 is 0 Å². The normalized spacial score (nSPS) is 12.1. The summed E-state index contributed by atoms with van der Waals surface area (Å²) in [6.45, 7) is 1.71. The number of aliphatic carboxylic acids is 1. The van der Waals surface area contributed by atoms with Gasteiger partial charge in [-0.3, -0.25) is 9.59 Å². The molecule has 0 aliphatic heterocycles. The smallest absolute Gasteiger partial charge is 0.315 e. The molecule has 0 aromatic carbocycles. The maximum Gasteiger partial charge on any atom is 0.315 e. The van der Waals surface area contributed by atoms with Gasteiger partial charge >= 0.3 is 5.97 Å². The molecule has 15 heavy (non-hydrogen) atoms. The summed E-state index contributed by atoms with van der Waals surface area (Å²) in [4.78, 5) is 21.8. The fourth-order valence-electron chi connectivity index (χ4n) is 0.893. The van der Waals surface area contributed by atoms with Crippen molar-refractivity contribution in [3.05, 3.63) is 20.8 Å². The number of hydrogen-bond donors (Lipinski definition) is 2. The van der Waals surface area contributed by atoms with Gasteiger partial charge in [0.25, 0.3) is 0 Å². The summed E-state index contributed by atoms with van der Waals surface area (Å²) < 4.78 is 0.950. The van der Waals surface area contributed by atoms with Gasteiger partial charge in [0.05, 0.1) is 3.79 Å². The first-order valence-electron chi connectivity index (χ1n) is 4.24. The fourth-order valence-corrected chi connectivity index (χ4v) is 2.13. The van der Waals surface area contributed by atoms with Gasteiger partial charge in [0.1, 0.15) is 5.92 Å². The van der Waals surface area contributed by atoms with Gasteiger partial charge in [-0.15, -0.1) is 11.3 Å². The molecule has 0 saturated carbocycles. The minimum absolute atomic E-state index is 0.348. The summed E-state index contributed by atoms with van der Waals surface area (Å²) in [5, 5.41) is 13.1. The Morgan fingerprint density at radius 1 is 1.67 bits per heavy atom. The Balaban J connectivity index is 2.48. The third-order valence-corrected chi connectivity index (χ3v) is 3.72. The van der Waals surface area contributed by atoms with E-state index in [1.807, 2.05) is 11.4 Å². The summed E-state index contributed by atoms with van der Waals surface area (Å²) >= 11 is 4.85. The van der Waals surface area contributed by atoms with Crippen LogP contribution in [0, 0.1) is 5.92 Å². The lowest BCUT2D eigenvalue weighted by Gasteiger charge is -2.07. The van der Waals surface area contributed by atoms with E-state index in [0.717, 1.165) is 9.35 Å². The van der Waals surface area contributed by atoms with Gasteiger partial charge in [-0.25, -0.2) is 0 Å².